The largest absolute Gasteiger partial charge is 0.270 e. The number of benzene rings is 2. The van der Waals surface area contributed by atoms with E-state index in [9.17, 15) is 9.18 Å². The van der Waals surface area contributed by atoms with Crippen LogP contribution in [0.25, 0.3) is 6.08 Å². The SMILES string of the molecule is CCc1ccc(N2C(=O)/C(=C\c3ccccc3F)SC2=S)cc1. The fourth-order valence-electron chi connectivity index (χ4n) is 2.30. The average Bonchev–Trinajstić information content (AvgIpc) is 2.84. The Morgan fingerprint density at radius 1 is 1.17 bits per heavy atom. The molecule has 116 valence electrons. The van der Waals surface area contributed by atoms with Crippen LogP contribution in [0, 0.1) is 5.82 Å². The van der Waals surface area contributed by atoms with Crippen LogP contribution in [0.2, 0.25) is 0 Å². The molecule has 1 saturated heterocycles. The third-order valence-corrected chi connectivity index (χ3v) is 4.89. The summed E-state index contributed by atoms with van der Waals surface area (Å²) in [4.78, 5) is 14.5. The number of aryl methyl sites for hydroxylation is 1. The topological polar surface area (TPSA) is 20.3 Å². The van der Waals surface area contributed by atoms with Crippen molar-refractivity contribution >= 4 is 46.0 Å². The van der Waals surface area contributed by atoms with Crippen LogP contribution in [0.15, 0.2) is 53.4 Å². The van der Waals surface area contributed by atoms with Crippen LogP contribution >= 0.6 is 24.0 Å². The maximum absolute atomic E-state index is 13.8. The Bertz CT molecular complexity index is 799. The fourth-order valence-corrected chi connectivity index (χ4v) is 3.59. The predicted octanol–water partition coefficient (Wildman–Crippen LogP) is 4.79. The molecule has 0 unspecified atom stereocenters. The summed E-state index contributed by atoms with van der Waals surface area (Å²) in [7, 11) is 0. The molecule has 1 fully saturated rings. The number of carbonyl (C=O) groups is 1. The molecule has 2 aromatic rings. The van der Waals surface area contributed by atoms with E-state index in [1.54, 1.807) is 24.3 Å². The summed E-state index contributed by atoms with van der Waals surface area (Å²) in [6, 6.07) is 14.1. The minimum atomic E-state index is -0.356. The van der Waals surface area contributed by atoms with Crippen molar-refractivity contribution < 1.29 is 9.18 Å². The summed E-state index contributed by atoms with van der Waals surface area (Å²) in [5.74, 6) is -0.572. The van der Waals surface area contributed by atoms with Gasteiger partial charge in [0.15, 0.2) is 4.32 Å². The molecule has 3 rings (SSSR count). The lowest BCUT2D eigenvalue weighted by Crippen LogP contribution is -2.27. The van der Waals surface area contributed by atoms with Gasteiger partial charge in [-0.1, -0.05) is 61.2 Å². The lowest BCUT2D eigenvalue weighted by Gasteiger charge is -2.14. The van der Waals surface area contributed by atoms with E-state index < -0.39 is 0 Å². The Hall–Kier alpha value is -1.98. The van der Waals surface area contributed by atoms with Crippen molar-refractivity contribution in [2.75, 3.05) is 4.90 Å². The van der Waals surface area contributed by atoms with Gasteiger partial charge in [-0.05, 0) is 36.3 Å². The van der Waals surface area contributed by atoms with Crippen LogP contribution < -0.4 is 4.90 Å². The highest BCUT2D eigenvalue weighted by Crippen LogP contribution is 2.36. The van der Waals surface area contributed by atoms with E-state index >= 15 is 0 Å². The second-order valence-electron chi connectivity index (χ2n) is 5.06. The standard InChI is InChI=1S/C18H14FNOS2/c1-2-12-7-9-14(10-8-12)20-17(21)16(23-18(20)22)11-13-5-3-4-6-15(13)19/h3-11H,2H2,1H3/b16-11+. The first-order valence-corrected chi connectivity index (χ1v) is 8.44. The molecule has 2 nitrogen and oxygen atoms in total. The number of nitrogens with zero attached hydrogens (tertiary/aromatic N) is 1. The van der Waals surface area contributed by atoms with Crippen LogP contribution in [0.5, 0.6) is 0 Å². The van der Waals surface area contributed by atoms with E-state index in [0.29, 0.717) is 14.8 Å². The number of thioether (sulfide) groups is 1. The molecule has 0 aromatic heterocycles. The molecular formula is C18H14FNOS2. The molecule has 0 aliphatic carbocycles. The highest BCUT2D eigenvalue weighted by Gasteiger charge is 2.33. The van der Waals surface area contributed by atoms with Gasteiger partial charge in [-0.2, -0.15) is 0 Å². The van der Waals surface area contributed by atoms with Gasteiger partial charge in [-0.3, -0.25) is 9.69 Å². The summed E-state index contributed by atoms with van der Waals surface area (Å²) in [5.41, 5.74) is 2.32. The van der Waals surface area contributed by atoms with Gasteiger partial charge in [-0.25, -0.2) is 4.39 Å². The zero-order chi connectivity index (χ0) is 16.4. The third kappa shape index (κ3) is 3.21. The van der Waals surface area contributed by atoms with Crippen LogP contribution in [-0.4, -0.2) is 10.2 Å². The molecule has 0 saturated carbocycles. The first-order chi connectivity index (χ1) is 11.1. The number of thiocarbonyl (C=S) groups is 1. The Balaban J connectivity index is 1.92. The van der Waals surface area contributed by atoms with Gasteiger partial charge in [0.25, 0.3) is 5.91 Å². The number of hydrogen-bond donors (Lipinski definition) is 0. The first kappa shape index (κ1) is 15.9. The van der Waals surface area contributed by atoms with E-state index in [-0.39, 0.29) is 11.7 Å². The average molecular weight is 343 g/mol. The fraction of sp³-hybridized carbons (Fsp3) is 0.111. The van der Waals surface area contributed by atoms with Crippen molar-refractivity contribution in [2.45, 2.75) is 13.3 Å². The molecule has 1 aliphatic rings. The number of carbonyl (C=O) groups excluding carboxylic acids is 1. The molecule has 0 radical (unpaired) electrons. The molecule has 23 heavy (non-hydrogen) atoms. The molecule has 0 atom stereocenters. The van der Waals surface area contributed by atoms with Crippen LogP contribution in [-0.2, 0) is 11.2 Å². The minimum Gasteiger partial charge on any atom is -0.268 e. The van der Waals surface area contributed by atoms with Crippen LogP contribution in [0.4, 0.5) is 10.1 Å². The number of halogens is 1. The van der Waals surface area contributed by atoms with Crippen molar-refractivity contribution in [3.63, 3.8) is 0 Å². The Morgan fingerprint density at radius 3 is 2.52 bits per heavy atom. The van der Waals surface area contributed by atoms with Crippen molar-refractivity contribution in [3.05, 3.63) is 70.4 Å². The zero-order valence-corrected chi connectivity index (χ0v) is 14.1. The van der Waals surface area contributed by atoms with E-state index in [1.165, 1.54) is 28.3 Å². The maximum atomic E-state index is 13.8. The van der Waals surface area contributed by atoms with Gasteiger partial charge in [0, 0.05) is 5.56 Å². The van der Waals surface area contributed by atoms with Crippen molar-refractivity contribution in [1.29, 1.82) is 0 Å². The summed E-state index contributed by atoms with van der Waals surface area (Å²) < 4.78 is 14.2. The lowest BCUT2D eigenvalue weighted by atomic mass is 10.1. The lowest BCUT2D eigenvalue weighted by molar-refractivity contribution is -0.113. The monoisotopic (exact) mass is 343 g/mol. The Labute approximate surface area is 144 Å². The molecule has 1 aliphatic heterocycles. The Morgan fingerprint density at radius 2 is 1.87 bits per heavy atom. The highest BCUT2D eigenvalue weighted by molar-refractivity contribution is 8.27. The number of hydrogen-bond acceptors (Lipinski definition) is 3. The number of anilines is 1. The molecular weight excluding hydrogens is 329 g/mol. The zero-order valence-electron chi connectivity index (χ0n) is 12.5. The quantitative estimate of drug-likeness (QED) is 0.590. The summed E-state index contributed by atoms with van der Waals surface area (Å²) in [6.07, 6.45) is 2.49. The van der Waals surface area contributed by atoms with Gasteiger partial charge in [0.05, 0.1) is 10.6 Å². The maximum Gasteiger partial charge on any atom is 0.270 e. The third-order valence-electron chi connectivity index (χ3n) is 3.59. The first-order valence-electron chi connectivity index (χ1n) is 7.21. The van der Waals surface area contributed by atoms with Crippen molar-refractivity contribution in [1.82, 2.24) is 0 Å². The predicted molar refractivity (Wildman–Crippen MR) is 97.9 cm³/mol. The number of rotatable bonds is 3. The van der Waals surface area contributed by atoms with Gasteiger partial charge < -0.3 is 0 Å². The molecule has 0 bridgehead atoms. The van der Waals surface area contributed by atoms with Gasteiger partial charge in [-0.15, -0.1) is 0 Å². The van der Waals surface area contributed by atoms with Gasteiger partial charge >= 0.3 is 0 Å². The van der Waals surface area contributed by atoms with E-state index in [2.05, 4.69) is 6.92 Å². The molecule has 2 aromatic carbocycles. The van der Waals surface area contributed by atoms with E-state index in [0.717, 1.165) is 12.1 Å². The summed E-state index contributed by atoms with van der Waals surface area (Å²) >= 11 is 6.51. The van der Waals surface area contributed by atoms with Gasteiger partial charge in [0.2, 0.25) is 0 Å². The van der Waals surface area contributed by atoms with E-state index in [4.69, 9.17) is 12.2 Å². The summed E-state index contributed by atoms with van der Waals surface area (Å²) in [5, 5.41) is 0. The molecule has 0 N–H and O–H groups in total. The van der Waals surface area contributed by atoms with Crippen molar-refractivity contribution in [2.24, 2.45) is 0 Å². The second kappa shape index (κ2) is 6.64. The smallest absolute Gasteiger partial charge is 0.268 e. The normalized spacial score (nSPS) is 16.4. The molecule has 0 spiro atoms. The summed E-state index contributed by atoms with van der Waals surface area (Å²) in [6.45, 7) is 2.08. The van der Waals surface area contributed by atoms with E-state index in [1.807, 2.05) is 24.3 Å². The van der Waals surface area contributed by atoms with Crippen LogP contribution in [0.3, 0.4) is 0 Å². The highest BCUT2D eigenvalue weighted by atomic mass is 32.2. The second-order valence-corrected chi connectivity index (χ2v) is 6.73. The molecule has 1 heterocycles. The molecule has 1 amide bonds. The number of amides is 1. The van der Waals surface area contributed by atoms with Crippen LogP contribution in [0.1, 0.15) is 18.1 Å². The molecule has 5 heteroatoms. The van der Waals surface area contributed by atoms with Crippen molar-refractivity contribution in [3.8, 4) is 0 Å². The minimum absolute atomic E-state index is 0.215. The van der Waals surface area contributed by atoms with Gasteiger partial charge in [0.1, 0.15) is 5.82 Å². The Kier molecular flexibility index (Phi) is 4.59.